The molecule has 5 nitrogen and oxygen atoms in total. The van der Waals surface area contributed by atoms with E-state index in [2.05, 4.69) is 11.1 Å². The van der Waals surface area contributed by atoms with Crippen LogP contribution in [0.3, 0.4) is 0 Å². The highest BCUT2D eigenvalue weighted by Crippen LogP contribution is 2.36. The van der Waals surface area contributed by atoms with E-state index < -0.39 is 6.09 Å². The standard InChI is InChI=1S/C15H16N2O3S/c1-17(15(18)19)8-13-11-3-2-4-12(10(11)5-6-20-13)14-7-16-9-21-14/h2-4,7,9,13H,5-6,8H2,1H3,(H,18,19). The minimum atomic E-state index is -0.940. The molecule has 1 N–H and O–H groups in total. The third kappa shape index (κ3) is 2.77. The summed E-state index contributed by atoms with van der Waals surface area (Å²) in [5.41, 5.74) is 5.34. The molecule has 0 saturated heterocycles. The van der Waals surface area contributed by atoms with Crippen LogP contribution >= 0.6 is 11.3 Å². The first-order chi connectivity index (χ1) is 10.2. The first kappa shape index (κ1) is 14.0. The summed E-state index contributed by atoms with van der Waals surface area (Å²) in [6.45, 7) is 0.954. The fourth-order valence-electron chi connectivity index (χ4n) is 2.64. The lowest BCUT2D eigenvalue weighted by atomic mass is 9.92. The molecule has 1 unspecified atom stereocenters. The van der Waals surface area contributed by atoms with Crippen LogP contribution in [0.2, 0.25) is 0 Å². The van der Waals surface area contributed by atoms with Gasteiger partial charge < -0.3 is 14.7 Å². The maximum absolute atomic E-state index is 11.0. The minimum Gasteiger partial charge on any atom is -0.465 e. The summed E-state index contributed by atoms with van der Waals surface area (Å²) in [4.78, 5) is 17.5. The minimum absolute atomic E-state index is 0.206. The van der Waals surface area contributed by atoms with Crippen LogP contribution in [0, 0.1) is 0 Å². The smallest absolute Gasteiger partial charge is 0.407 e. The summed E-state index contributed by atoms with van der Waals surface area (Å²) in [5, 5.41) is 9.03. The number of hydrogen-bond donors (Lipinski definition) is 1. The van der Waals surface area contributed by atoms with E-state index >= 15 is 0 Å². The average Bonchev–Trinajstić information content (AvgIpc) is 3.01. The highest BCUT2D eigenvalue weighted by atomic mass is 32.1. The molecule has 1 aromatic carbocycles. The van der Waals surface area contributed by atoms with E-state index in [9.17, 15) is 4.79 Å². The van der Waals surface area contributed by atoms with Gasteiger partial charge in [-0.25, -0.2) is 4.79 Å². The number of ether oxygens (including phenoxy) is 1. The normalized spacial score (nSPS) is 17.3. The number of hydrogen-bond acceptors (Lipinski definition) is 4. The topological polar surface area (TPSA) is 62.7 Å². The second-order valence-corrected chi connectivity index (χ2v) is 5.90. The molecule has 1 amide bonds. The van der Waals surface area contributed by atoms with Crippen molar-refractivity contribution in [2.45, 2.75) is 12.5 Å². The van der Waals surface area contributed by atoms with E-state index in [0.29, 0.717) is 13.2 Å². The molecule has 2 heterocycles. The molecule has 21 heavy (non-hydrogen) atoms. The Morgan fingerprint density at radius 1 is 1.57 bits per heavy atom. The van der Waals surface area contributed by atoms with Gasteiger partial charge in [0.1, 0.15) is 6.10 Å². The monoisotopic (exact) mass is 304 g/mol. The summed E-state index contributed by atoms with van der Waals surface area (Å²) in [6, 6.07) is 6.12. The zero-order chi connectivity index (χ0) is 14.8. The highest BCUT2D eigenvalue weighted by molar-refractivity contribution is 7.13. The van der Waals surface area contributed by atoms with Gasteiger partial charge in [-0.3, -0.25) is 4.98 Å². The van der Waals surface area contributed by atoms with Crippen molar-refractivity contribution in [3.05, 3.63) is 41.0 Å². The van der Waals surface area contributed by atoms with Crippen LogP contribution in [0.1, 0.15) is 17.2 Å². The summed E-state index contributed by atoms with van der Waals surface area (Å²) in [5.74, 6) is 0. The van der Waals surface area contributed by atoms with Crippen LogP contribution < -0.4 is 0 Å². The summed E-state index contributed by atoms with van der Waals surface area (Å²) < 4.78 is 5.78. The number of thiazole rings is 1. The molecule has 0 saturated carbocycles. The number of rotatable bonds is 3. The molecule has 1 aromatic heterocycles. The van der Waals surface area contributed by atoms with Gasteiger partial charge in [0.05, 0.1) is 23.5 Å². The predicted octanol–water partition coefficient (Wildman–Crippen LogP) is 3.03. The van der Waals surface area contributed by atoms with Crippen molar-refractivity contribution in [3.8, 4) is 10.4 Å². The number of fused-ring (bicyclic) bond motifs is 1. The highest BCUT2D eigenvalue weighted by Gasteiger charge is 2.25. The molecule has 110 valence electrons. The molecule has 1 atom stereocenters. The number of carboxylic acid groups (broad SMARTS) is 1. The first-order valence-electron chi connectivity index (χ1n) is 6.73. The van der Waals surface area contributed by atoms with E-state index in [1.165, 1.54) is 16.0 Å². The second kappa shape index (κ2) is 5.83. The molecule has 0 radical (unpaired) electrons. The Morgan fingerprint density at radius 3 is 3.14 bits per heavy atom. The van der Waals surface area contributed by atoms with E-state index in [1.807, 2.05) is 23.8 Å². The molecule has 0 spiro atoms. The first-order valence-corrected chi connectivity index (χ1v) is 7.61. The molecule has 3 rings (SSSR count). The molecule has 0 aliphatic carbocycles. The molecule has 1 aliphatic heterocycles. The van der Waals surface area contributed by atoms with Gasteiger partial charge in [0, 0.05) is 13.2 Å². The van der Waals surface area contributed by atoms with Crippen LogP contribution in [-0.2, 0) is 11.2 Å². The average molecular weight is 304 g/mol. The summed E-state index contributed by atoms with van der Waals surface area (Å²) in [6.07, 6.45) is 1.57. The zero-order valence-corrected chi connectivity index (χ0v) is 12.5. The SMILES string of the molecule is CN(CC1OCCc2c(-c3cncs3)cccc21)C(=O)O. The molecular weight excluding hydrogens is 288 g/mol. The quantitative estimate of drug-likeness (QED) is 0.946. The van der Waals surface area contributed by atoms with E-state index in [0.717, 1.165) is 16.9 Å². The number of aromatic nitrogens is 1. The second-order valence-electron chi connectivity index (χ2n) is 5.01. The molecule has 1 aliphatic rings. The van der Waals surface area contributed by atoms with E-state index in [1.54, 1.807) is 18.4 Å². The van der Waals surface area contributed by atoms with Crippen molar-refractivity contribution in [1.29, 1.82) is 0 Å². The molecule has 0 bridgehead atoms. The van der Waals surface area contributed by atoms with Gasteiger partial charge >= 0.3 is 6.09 Å². The number of nitrogens with zero attached hydrogens (tertiary/aromatic N) is 2. The molecular formula is C15H16N2O3S. The van der Waals surface area contributed by atoms with Crippen LogP contribution in [0.5, 0.6) is 0 Å². The van der Waals surface area contributed by atoms with E-state index in [4.69, 9.17) is 9.84 Å². The third-order valence-electron chi connectivity index (χ3n) is 3.69. The van der Waals surface area contributed by atoms with Gasteiger partial charge in [0.25, 0.3) is 0 Å². The van der Waals surface area contributed by atoms with Gasteiger partial charge in [0.15, 0.2) is 0 Å². The Hall–Kier alpha value is -1.92. The van der Waals surface area contributed by atoms with Crippen LogP contribution in [0.15, 0.2) is 29.9 Å². The predicted molar refractivity (Wildman–Crippen MR) is 80.6 cm³/mol. The Labute approximate surface area is 126 Å². The van der Waals surface area contributed by atoms with Gasteiger partial charge in [-0.05, 0) is 23.1 Å². The van der Waals surface area contributed by atoms with Crippen molar-refractivity contribution in [1.82, 2.24) is 9.88 Å². The van der Waals surface area contributed by atoms with Crippen molar-refractivity contribution in [3.63, 3.8) is 0 Å². The molecule has 6 heteroatoms. The zero-order valence-electron chi connectivity index (χ0n) is 11.7. The van der Waals surface area contributed by atoms with Crippen LogP contribution in [0.4, 0.5) is 4.79 Å². The maximum atomic E-state index is 11.0. The lowest BCUT2D eigenvalue weighted by Gasteiger charge is -2.29. The fraction of sp³-hybridized carbons (Fsp3) is 0.333. The van der Waals surface area contributed by atoms with Crippen molar-refractivity contribution in [2.24, 2.45) is 0 Å². The summed E-state index contributed by atoms with van der Waals surface area (Å²) in [7, 11) is 1.56. The van der Waals surface area contributed by atoms with Gasteiger partial charge in [0.2, 0.25) is 0 Å². The number of benzene rings is 1. The van der Waals surface area contributed by atoms with Crippen LogP contribution in [0.25, 0.3) is 10.4 Å². The van der Waals surface area contributed by atoms with Crippen LogP contribution in [-0.4, -0.2) is 41.3 Å². The Kier molecular flexibility index (Phi) is 3.90. The maximum Gasteiger partial charge on any atom is 0.407 e. The third-order valence-corrected chi connectivity index (χ3v) is 4.50. The van der Waals surface area contributed by atoms with Crippen molar-refractivity contribution >= 4 is 17.4 Å². The van der Waals surface area contributed by atoms with Gasteiger partial charge in [-0.2, -0.15) is 0 Å². The molecule has 2 aromatic rings. The summed E-state index contributed by atoms with van der Waals surface area (Å²) >= 11 is 1.61. The Bertz CT molecular complexity index is 642. The number of amides is 1. The fourth-order valence-corrected chi connectivity index (χ4v) is 3.31. The van der Waals surface area contributed by atoms with Gasteiger partial charge in [-0.1, -0.05) is 18.2 Å². The lowest BCUT2D eigenvalue weighted by molar-refractivity contribution is 0.0225. The number of carbonyl (C=O) groups is 1. The van der Waals surface area contributed by atoms with Gasteiger partial charge in [-0.15, -0.1) is 11.3 Å². The molecule has 0 fully saturated rings. The van der Waals surface area contributed by atoms with Crippen molar-refractivity contribution in [2.75, 3.05) is 20.2 Å². The largest absolute Gasteiger partial charge is 0.465 e. The Balaban J connectivity index is 1.95. The van der Waals surface area contributed by atoms with Crippen molar-refractivity contribution < 1.29 is 14.6 Å². The number of likely N-dealkylation sites (N-methyl/N-ethyl adjacent to an activating group) is 1. The Morgan fingerprint density at radius 2 is 2.43 bits per heavy atom. The lowest BCUT2D eigenvalue weighted by Crippen LogP contribution is -2.32. The van der Waals surface area contributed by atoms with E-state index in [-0.39, 0.29) is 6.10 Å².